The number of hydrogen-bond donors (Lipinski definition) is 1. The van der Waals surface area contributed by atoms with Crippen LogP contribution in [0.15, 0.2) is 30.6 Å². The molecule has 0 amide bonds. The number of benzene rings is 1. The Morgan fingerprint density at radius 1 is 1.08 bits per heavy atom. The molecule has 0 spiro atoms. The largest absolute Gasteiger partial charge is 0.494 e. The SMILES string of the molecule is COc1cccc(OC)c1-n1c(COC(F)F)nnc1NS(=O)(=O)[C@@H](C)[C@H](OC)c1ncc(Cl)cn1. The van der Waals surface area contributed by atoms with E-state index in [0.717, 1.165) is 4.57 Å². The van der Waals surface area contributed by atoms with Gasteiger partial charge in [-0.05, 0) is 19.1 Å². The maximum atomic E-state index is 13.3. The molecular formula is C20H23ClF2N6O6S. The Labute approximate surface area is 210 Å². The highest BCUT2D eigenvalue weighted by Crippen LogP contribution is 2.36. The monoisotopic (exact) mass is 548 g/mol. The summed E-state index contributed by atoms with van der Waals surface area (Å²) in [6.07, 6.45) is 1.53. The molecule has 1 N–H and O–H groups in total. The molecule has 3 rings (SSSR count). The summed E-state index contributed by atoms with van der Waals surface area (Å²) >= 11 is 5.82. The summed E-state index contributed by atoms with van der Waals surface area (Å²) in [6, 6.07) is 4.76. The van der Waals surface area contributed by atoms with Gasteiger partial charge in [0.2, 0.25) is 16.0 Å². The second kappa shape index (κ2) is 11.7. The van der Waals surface area contributed by atoms with Crippen molar-refractivity contribution in [3.63, 3.8) is 0 Å². The molecule has 0 saturated heterocycles. The number of rotatable bonds is 12. The van der Waals surface area contributed by atoms with E-state index in [2.05, 4.69) is 29.6 Å². The number of nitrogens with zero attached hydrogens (tertiary/aromatic N) is 5. The van der Waals surface area contributed by atoms with Crippen LogP contribution in [0.4, 0.5) is 14.7 Å². The van der Waals surface area contributed by atoms with Crippen LogP contribution in [-0.4, -0.2) is 66.3 Å². The molecule has 0 fully saturated rings. The van der Waals surface area contributed by atoms with E-state index < -0.39 is 34.6 Å². The summed E-state index contributed by atoms with van der Waals surface area (Å²) in [4.78, 5) is 8.06. The van der Waals surface area contributed by atoms with Crippen molar-refractivity contribution in [2.75, 3.05) is 26.1 Å². The lowest BCUT2D eigenvalue weighted by molar-refractivity contribution is -0.139. The zero-order chi connectivity index (χ0) is 26.5. The minimum Gasteiger partial charge on any atom is -0.494 e. The van der Waals surface area contributed by atoms with Crippen LogP contribution in [-0.2, 0) is 26.1 Å². The Morgan fingerprint density at radius 2 is 1.69 bits per heavy atom. The molecule has 196 valence electrons. The predicted octanol–water partition coefficient (Wildman–Crippen LogP) is 2.99. The van der Waals surface area contributed by atoms with Crippen molar-refractivity contribution in [1.29, 1.82) is 0 Å². The maximum absolute atomic E-state index is 13.3. The minimum atomic E-state index is -4.25. The molecular weight excluding hydrogens is 526 g/mol. The summed E-state index contributed by atoms with van der Waals surface area (Å²) in [5.74, 6) is 0.0615. The van der Waals surface area contributed by atoms with E-state index in [1.807, 2.05) is 0 Å². The molecule has 0 unspecified atom stereocenters. The Balaban J connectivity index is 2.06. The molecule has 0 radical (unpaired) electrons. The van der Waals surface area contributed by atoms with E-state index in [-0.39, 0.29) is 39.8 Å². The van der Waals surface area contributed by atoms with Gasteiger partial charge in [0.05, 0.1) is 19.2 Å². The lowest BCUT2D eigenvalue weighted by atomic mass is 10.2. The summed E-state index contributed by atoms with van der Waals surface area (Å²) < 4.78 is 76.2. The van der Waals surface area contributed by atoms with Gasteiger partial charge >= 0.3 is 6.61 Å². The van der Waals surface area contributed by atoms with E-state index in [1.165, 1.54) is 40.6 Å². The van der Waals surface area contributed by atoms with Crippen molar-refractivity contribution in [3.8, 4) is 17.2 Å². The number of hydrogen-bond acceptors (Lipinski definition) is 10. The highest BCUT2D eigenvalue weighted by atomic mass is 35.5. The molecule has 3 aromatic rings. The van der Waals surface area contributed by atoms with Crippen LogP contribution in [0.25, 0.3) is 5.69 Å². The van der Waals surface area contributed by atoms with Crippen LogP contribution in [0.1, 0.15) is 24.7 Å². The average molecular weight is 549 g/mol. The second-order valence-electron chi connectivity index (χ2n) is 7.13. The molecule has 0 aliphatic heterocycles. The molecule has 2 heterocycles. The zero-order valence-electron chi connectivity index (χ0n) is 19.6. The van der Waals surface area contributed by atoms with E-state index in [9.17, 15) is 17.2 Å². The fourth-order valence-electron chi connectivity index (χ4n) is 3.26. The third kappa shape index (κ3) is 5.98. The molecule has 12 nitrogen and oxygen atoms in total. The predicted molar refractivity (Wildman–Crippen MR) is 124 cm³/mol. The molecule has 2 atom stereocenters. The average Bonchev–Trinajstić information content (AvgIpc) is 3.24. The van der Waals surface area contributed by atoms with Gasteiger partial charge in [0.1, 0.15) is 35.1 Å². The fourth-order valence-corrected chi connectivity index (χ4v) is 4.49. The second-order valence-corrected chi connectivity index (χ2v) is 9.60. The maximum Gasteiger partial charge on any atom is 0.345 e. The zero-order valence-corrected chi connectivity index (χ0v) is 21.1. The topological polar surface area (TPSA) is 140 Å². The van der Waals surface area contributed by atoms with Crippen molar-refractivity contribution < 1.29 is 36.1 Å². The summed E-state index contributed by atoms with van der Waals surface area (Å²) in [6.45, 7) is -2.42. The lowest BCUT2D eigenvalue weighted by Crippen LogP contribution is -2.33. The third-order valence-corrected chi connectivity index (χ3v) is 6.88. The van der Waals surface area contributed by atoms with Gasteiger partial charge in [-0.2, -0.15) is 8.78 Å². The molecule has 0 bridgehead atoms. The van der Waals surface area contributed by atoms with Crippen LogP contribution in [0.3, 0.4) is 0 Å². The third-order valence-electron chi connectivity index (χ3n) is 4.99. The van der Waals surface area contributed by atoms with Crippen LogP contribution >= 0.6 is 11.6 Å². The molecule has 2 aromatic heterocycles. The van der Waals surface area contributed by atoms with Gasteiger partial charge in [0, 0.05) is 19.5 Å². The molecule has 16 heteroatoms. The molecule has 1 aromatic carbocycles. The first kappa shape index (κ1) is 27.4. The van der Waals surface area contributed by atoms with Crippen LogP contribution in [0, 0.1) is 0 Å². The van der Waals surface area contributed by atoms with Crippen molar-refractivity contribution >= 4 is 27.6 Å². The quantitative estimate of drug-likeness (QED) is 0.359. The van der Waals surface area contributed by atoms with Gasteiger partial charge in [-0.25, -0.2) is 18.4 Å². The fraction of sp³-hybridized carbons (Fsp3) is 0.400. The van der Waals surface area contributed by atoms with E-state index >= 15 is 0 Å². The Kier molecular flexibility index (Phi) is 8.94. The van der Waals surface area contributed by atoms with Gasteiger partial charge in [-0.1, -0.05) is 17.7 Å². The van der Waals surface area contributed by atoms with Gasteiger partial charge in [-0.15, -0.1) is 10.2 Å². The number of nitrogens with one attached hydrogen (secondary N) is 1. The number of anilines is 1. The minimum absolute atomic E-state index is 0.0821. The van der Waals surface area contributed by atoms with Crippen molar-refractivity contribution in [1.82, 2.24) is 24.7 Å². The van der Waals surface area contributed by atoms with Gasteiger partial charge < -0.3 is 18.9 Å². The molecule has 0 aliphatic carbocycles. The number of alkyl halides is 2. The van der Waals surface area contributed by atoms with Crippen molar-refractivity contribution in [2.24, 2.45) is 0 Å². The van der Waals surface area contributed by atoms with Crippen molar-refractivity contribution in [3.05, 3.63) is 47.3 Å². The number of sulfonamides is 1. The Hall–Kier alpha value is -3.14. The summed E-state index contributed by atoms with van der Waals surface area (Å²) in [5.41, 5.74) is 0.162. The highest BCUT2D eigenvalue weighted by Gasteiger charge is 2.35. The first-order valence-electron chi connectivity index (χ1n) is 10.2. The van der Waals surface area contributed by atoms with Crippen molar-refractivity contribution in [2.45, 2.75) is 31.5 Å². The van der Waals surface area contributed by atoms with Crippen LogP contribution in [0.2, 0.25) is 5.02 Å². The van der Waals surface area contributed by atoms with Gasteiger partial charge in [-0.3, -0.25) is 9.29 Å². The number of ether oxygens (including phenoxy) is 4. The Bertz CT molecular complexity index is 1260. The molecule has 0 saturated carbocycles. The number of methoxy groups -OCH3 is 3. The number of para-hydroxylation sites is 1. The summed E-state index contributed by atoms with van der Waals surface area (Å²) in [7, 11) is -0.202. The van der Waals surface area contributed by atoms with Gasteiger partial charge in [0.25, 0.3) is 0 Å². The molecule has 36 heavy (non-hydrogen) atoms. The van der Waals surface area contributed by atoms with E-state index in [0.29, 0.717) is 0 Å². The lowest BCUT2D eigenvalue weighted by Gasteiger charge is -2.22. The number of halogens is 3. The van der Waals surface area contributed by atoms with E-state index in [1.54, 1.807) is 18.2 Å². The highest BCUT2D eigenvalue weighted by molar-refractivity contribution is 7.93. The number of aromatic nitrogens is 5. The normalized spacial score (nSPS) is 13.4. The smallest absolute Gasteiger partial charge is 0.345 e. The van der Waals surface area contributed by atoms with Crippen LogP contribution in [0.5, 0.6) is 11.5 Å². The summed E-state index contributed by atoms with van der Waals surface area (Å²) in [5, 5.41) is 6.72. The van der Waals surface area contributed by atoms with Gasteiger partial charge in [0.15, 0.2) is 11.6 Å². The molecule has 0 aliphatic rings. The van der Waals surface area contributed by atoms with Crippen LogP contribution < -0.4 is 14.2 Å². The Morgan fingerprint density at radius 3 is 2.22 bits per heavy atom. The van der Waals surface area contributed by atoms with E-state index in [4.69, 9.17) is 25.8 Å². The first-order valence-corrected chi connectivity index (χ1v) is 12.1. The standard InChI is InChI=1S/C20H23ClF2N6O6S/c1-11(17(34-4)18-24-8-12(21)9-25-18)36(30,31)28-20-27-26-15(10-35-19(22)23)29(20)16-13(32-2)6-5-7-14(16)33-3/h5-9,11,17,19H,10H2,1-4H3,(H,27,28)/t11-,17-/m0/s1. The first-order chi connectivity index (χ1) is 17.1.